The Hall–Kier alpha value is -1.43. The molecule has 0 spiro atoms. The molecule has 0 saturated carbocycles. The van der Waals surface area contributed by atoms with Gasteiger partial charge in [0.1, 0.15) is 0 Å². The molecule has 0 bridgehead atoms. The Kier molecular flexibility index (Phi) is 5.43. The Bertz CT molecular complexity index is 466. The summed E-state index contributed by atoms with van der Waals surface area (Å²) in [5.41, 5.74) is 1.34. The maximum Gasteiger partial charge on any atom is 0.224 e. The van der Waals surface area contributed by atoms with Gasteiger partial charge < -0.3 is 15.0 Å². The van der Waals surface area contributed by atoms with Crippen LogP contribution in [0.2, 0.25) is 0 Å². The molecular weight excluding hydrogens is 278 g/mol. The van der Waals surface area contributed by atoms with Gasteiger partial charge in [0, 0.05) is 51.7 Å². The molecule has 22 heavy (non-hydrogen) atoms. The molecule has 1 amide bonds. The van der Waals surface area contributed by atoms with Crippen LogP contribution >= 0.6 is 0 Å². The molecule has 2 aliphatic rings. The normalized spacial score (nSPS) is 23.5. The molecule has 0 radical (unpaired) electrons. The predicted molar refractivity (Wildman–Crippen MR) is 85.5 cm³/mol. The van der Waals surface area contributed by atoms with Crippen molar-refractivity contribution in [3.63, 3.8) is 0 Å². The number of ether oxygens (including phenoxy) is 1. The zero-order chi connectivity index (χ0) is 15.2. The van der Waals surface area contributed by atoms with Crippen molar-refractivity contribution in [3.8, 4) is 0 Å². The maximum absolute atomic E-state index is 12.3. The standard InChI is InChI=1S/C17H25N3O2/c21-17(12-16-14-22-11-6-18-16)20-9-7-19(8-10-20)13-15-4-2-1-3-5-15/h1-5,16,18H,6-14H2. The number of hydrogen-bond acceptors (Lipinski definition) is 4. The first-order chi connectivity index (χ1) is 10.8. The highest BCUT2D eigenvalue weighted by Crippen LogP contribution is 2.10. The third-order valence-electron chi connectivity index (χ3n) is 4.39. The average molecular weight is 303 g/mol. The molecule has 2 saturated heterocycles. The number of hydrogen-bond donors (Lipinski definition) is 1. The first kappa shape index (κ1) is 15.5. The number of benzene rings is 1. The first-order valence-corrected chi connectivity index (χ1v) is 8.16. The second kappa shape index (κ2) is 7.72. The van der Waals surface area contributed by atoms with E-state index in [9.17, 15) is 4.79 Å². The van der Waals surface area contributed by atoms with E-state index >= 15 is 0 Å². The number of morpholine rings is 1. The van der Waals surface area contributed by atoms with Crippen molar-refractivity contribution in [2.45, 2.75) is 19.0 Å². The first-order valence-electron chi connectivity index (χ1n) is 8.16. The van der Waals surface area contributed by atoms with Gasteiger partial charge in [-0.25, -0.2) is 0 Å². The van der Waals surface area contributed by atoms with Crippen molar-refractivity contribution < 1.29 is 9.53 Å². The Morgan fingerprint density at radius 2 is 1.95 bits per heavy atom. The number of nitrogens with one attached hydrogen (secondary N) is 1. The lowest BCUT2D eigenvalue weighted by Gasteiger charge is -2.35. The highest BCUT2D eigenvalue weighted by Gasteiger charge is 2.24. The van der Waals surface area contributed by atoms with Crippen molar-refractivity contribution in [2.75, 3.05) is 45.9 Å². The fraction of sp³-hybridized carbons (Fsp3) is 0.588. The Morgan fingerprint density at radius 1 is 1.18 bits per heavy atom. The molecule has 5 heteroatoms. The summed E-state index contributed by atoms with van der Waals surface area (Å²) in [4.78, 5) is 16.8. The Morgan fingerprint density at radius 3 is 2.64 bits per heavy atom. The second-order valence-electron chi connectivity index (χ2n) is 6.07. The molecule has 3 rings (SSSR count). The third-order valence-corrected chi connectivity index (χ3v) is 4.39. The van der Waals surface area contributed by atoms with Crippen molar-refractivity contribution in [2.24, 2.45) is 0 Å². The molecule has 0 aliphatic carbocycles. The van der Waals surface area contributed by atoms with Gasteiger partial charge in [-0.1, -0.05) is 30.3 Å². The monoisotopic (exact) mass is 303 g/mol. The van der Waals surface area contributed by atoms with Crippen LogP contribution in [0.25, 0.3) is 0 Å². The highest BCUT2D eigenvalue weighted by molar-refractivity contribution is 5.77. The van der Waals surface area contributed by atoms with Crippen LogP contribution in [-0.2, 0) is 16.1 Å². The van der Waals surface area contributed by atoms with Crippen molar-refractivity contribution in [1.29, 1.82) is 0 Å². The molecule has 1 unspecified atom stereocenters. The molecule has 2 fully saturated rings. The lowest BCUT2D eigenvalue weighted by Crippen LogP contribution is -2.51. The van der Waals surface area contributed by atoms with Gasteiger partial charge in [0.05, 0.1) is 13.2 Å². The van der Waals surface area contributed by atoms with E-state index < -0.39 is 0 Å². The van der Waals surface area contributed by atoms with Gasteiger partial charge in [-0.3, -0.25) is 9.69 Å². The van der Waals surface area contributed by atoms with Crippen LogP contribution in [0, 0.1) is 0 Å². The summed E-state index contributed by atoms with van der Waals surface area (Å²) in [6, 6.07) is 10.7. The summed E-state index contributed by atoms with van der Waals surface area (Å²) >= 11 is 0. The van der Waals surface area contributed by atoms with E-state index in [0.29, 0.717) is 13.0 Å². The van der Waals surface area contributed by atoms with Crippen molar-refractivity contribution >= 4 is 5.91 Å². The fourth-order valence-electron chi connectivity index (χ4n) is 3.09. The van der Waals surface area contributed by atoms with Crippen LogP contribution in [0.3, 0.4) is 0 Å². The van der Waals surface area contributed by atoms with Gasteiger partial charge >= 0.3 is 0 Å². The largest absolute Gasteiger partial charge is 0.378 e. The molecule has 2 heterocycles. The van der Waals surface area contributed by atoms with Gasteiger partial charge in [0.2, 0.25) is 5.91 Å². The lowest BCUT2D eigenvalue weighted by atomic mass is 10.1. The van der Waals surface area contributed by atoms with Crippen LogP contribution in [0.4, 0.5) is 0 Å². The van der Waals surface area contributed by atoms with E-state index in [1.807, 2.05) is 11.0 Å². The van der Waals surface area contributed by atoms with Gasteiger partial charge in [0.15, 0.2) is 0 Å². The molecule has 2 aliphatic heterocycles. The van der Waals surface area contributed by atoms with E-state index in [0.717, 1.165) is 45.9 Å². The van der Waals surface area contributed by atoms with E-state index in [1.54, 1.807) is 0 Å². The molecular formula is C17H25N3O2. The fourth-order valence-corrected chi connectivity index (χ4v) is 3.09. The number of carbonyl (C=O) groups excluding carboxylic acids is 1. The minimum atomic E-state index is 0.184. The van der Waals surface area contributed by atoms with Crippen molar-refractivity contribution in [1.82, 2.24) is 15.1 Å². The zero-order valence-corrected chi connectivity index (χ0v) is 13.0. The molecule has 0 aromatic heterocycles. The van der Waals surface area contributed by atoms with Gasteiger partial charge in [-0.2, -0.15) is 0 Å². The summed E-state index contributed by atoms with van der Waals surface area (Å²) in [5.74, 6) is 0.252. The molecule has 5 nitrogen and oxygen atoms in total. The number of nitrogens with zero attached hydrogens (tertiary/aromatic N) is 2. The van der Waals surface area contributed by atoms with Crippen LogP contribution in [0.5, 0.6) is 0 Å². The predicted octanol–water partition coefficient (Wildman–Crippen LogP) is 0.709. The van der Waals surface area contributed by atoms with Crippen LogP contribution < -0.4 is 5.32 Å². The van der Waals surface area contributed by atoms with Crippen molar-refractivity contribution in [3.05, 3.63) is 35.9 Å². The molecule has 1 atom stereocenters. The summed E-state index contributed by atoms with van der Waals surface area (Å²) in [7, 11) is 0. The lowest BCUT2D eigenvalue weighted by molar-refractivity contribution is -0.134. The van der Waals surface area contributed by atoms with Crippen LogP contribution in [-0.4, -0.2) is 67.7 Å². The van der Waals surface area contributed by atoms with Gasteiger partial charge in [0.25, 0.3) is 0 Å². The van der Waals surface area contributed by atoms with Crippen LogP contribution in [0.15, 0.2) is 30.3 Å². The average Bonchev–Trinajstić information content (AvgIpc) is 2.57. The summed E-state index contributed by atoms with van der Waals surface area (Å²) in [6.07, 6.45) is 0.554. The third kappa shape index (κ3) is 4.29. The second-order valence-corrected chi connectivity index (χ2v) is 6.07. The van der Waals surface area contributed by atoms with Gasteiger partial charge in [-0.05, 0) is 5.56 Å². The SMILES string of the molecule is O=C(CC1COCCN1)N1CCN(Cc2ccccc2)CC1. The molecule has 1 N–H and O–H groups in total. The van der Waals surface area contributed by atoms with Gasteiger partial charge in [-0.15, -0.1) is 0 Å². The molecule has 1 aromatic carbocycles. The van der Waals surface area contributed by atoms with E-state index in [4.69, 9.17) is 4.74 Å². The maximum atomic E-state index is 12.3. The topological polar surface area (TPSA) is 44.8 Å². The molecule has 1 aromatic rings. The summed E-state index contributed by atoms with van der Waals surface area (Å²) in [5, 5.41) is 3.35. The summed E-state index contributed by atoms with van der Waals surface area (Å²) < 4.78 is 5.41. The Balaban J connectivity index is 1.42. The van der Waals surface area contributed by atoms with E-state index in [-0.39, 0.29) is 11.9 Å². The molecule has 120 valence electrons. The van der Waals surface area contributed by atoms with E-state index in [2.05, 4.69) is 34.5 Å². The smallest absolute Gasteiger partial charge is 0.224 e. The van der Waals surface area contributed by atoms with Crippen LogP contribution in [0.1, 0.15) is 12.0 Å². The zero-order valence-electron chi connectivity index (χ0n) is 13.0. The minimum Gasteiger partial charge on any atom is -0.378 e. The quantitative estimate of drug-likeness (QED) is 0.890. The highest BCUT2D eigenvalue weighted by atomic mass is 16.5. The number of amides is 1. The number of piperazine rings is 1. The number of rotatable bonds is 4. The summed E-state index contributed by atoms with van der Waals surface area (Å²) in [6.45, 7) is 6.80. The van der Waals surface area contributed by atoms with E-state index in [1.165, 1.54) is 5.56 Å². The Labute approximate surface area is 132 Å². The number of carbonyl (C=O) groups is 1. The minimum absolute atomic E-state index is 0.184.